The van der Waals surface area contributed by atoms with Gasteiger partial charge in [0.15, 0.2) is 0 Å². The summed E-state index contributed by atoms with van der Waals surface area (Å²) in [6.07, 6.45) is 1.04. The molecule has 2 aromatic carbocycles. The molecule has 4 rings (SSSR count). The second-order valence-corrected chi connectivity index (χ2v) is 11.9. The van der Waals surface area contributed by atoms with Crippen molar-refractivity contribution in [3.8, 4) is 5.75 Å². The summed E-state index contributed by atoms with van der Waals surface area (Å²) in [7, 11) is 1.53. The molecule has 2 aliphatic heterocycles. The van der Waals surface area contributed by atoms with Crippen LogP contribution in [0.25, 0.3) is 0 Å². The molecule has 0 unspecified atom stereocenters. The molecule has 45 heavy (non-hydrogen) atoms. The maximum Gasteiger partial charge on any atom is 0.283 e. The Morgan fingerprint density at radius 2 is 1.80 bits per heavy atom. The predicted octanol–water partition coefficient (Wildman–Crippen LogP) is 1.45. The Balaban J connectivity index is 1.88. The van der Waals surface area contributed by atoms with Gasteiger partial charge in [-0.15, -0.1) is 11.8 Å². The van der Waals surface area contributed by atoms with Crippen molar-refractivity contribution < 1.29 is 33.6 Å². The lowest BCUT2D eigenvalue weighted by atomic mass is 10.0. The van der Waals surface area contributed by atoms with E-state index in [0.717, 1.165) is 17.8 Å². The highest BCUT2D eigenvalue weighted by molar-refractivity contribution is 7.99. The first-order valence-corrected chi connectivity index (χ1v) is 15.4. The number of amides is 5. The van der Waals surface area contributed by atoms with Gasteiger partial charge >= 0.3 is 0 Å². The standard InChI is InChI=1S/C30H38N6O8S/c1-17(2)26-30(41)34-21(27(31)38)6-4-5-13-32-29(40)22(33-25(37)14-18-7-10-20(44-3)11-8-18)16-45-24-12-9-19(28(39)35-26)15-23(24)36(42)43/h7-12,15,17,21-22,26H,4-6,13-14,16H2,1-3H3,(H2,31,38)(H,32,40)(H,33,37)(H,34,41)(H,35,39)/t21-,22-,26-/m1/s1. The normalized spacial score (nSPS) is 20.1. The van der Waals surface area contributed by atoms with Gasteiger partial charge in [0.25, 0.3) is 11.6 Å². The summed E-state index contributed by atoms with van der Waals surface area (Å²) in [6, 6.07) is 7.61. The molecule has 2 aromatic rings. The third kappa shape index (κ3) is 10.2. The number of methoxy groups -OCH3 is 1. The SMILES string of the molecule is COc1ccc(CC(=O)N[C@@H]2CSc3ccc(cc3[N+](=O)[O-])C(=O)N[C@H](C(C)C)C(=O)N[C@@H](C(N)=O)CCCCNC2=O)cc1. The Morgan fingerprint density at radius 3 is 2.42 bits per heavy atom. The fourth-order valence-corrected chi connectivity index (χ4v) is 5.59. The topological polar surface area (TPSA) is 212 Å². The number of hydrogen-bond acceptors (Lipinski definition) is 9. The lowest BCUT2D eigenvalue weighted by Crippen LogP contribution is -2.54. The smallest absolute Gasteiger partial charge is 0.283 e. The number of hydrogen-bond donors (Lipinski definition) is 5. The monoisotopic (exact) mass is 642 g/mol. The third-order valence-electron chi connectivity index (χ3n) is 7.11. The highest BCUT2D eigenvalue weighted by Gasteiger charge is 2.30. The molecular weight excluding hydrogens is 604 g/mol. The molecule has 242 valence electrons. The Labute approximate surface area is 264 Å². The van der Waals surface area contributed by atoms with Gasteiger partial charge < -0.3 is 31.7 Å². The molecule has 3 atom stereocenters. The Kier molecular flexibility index (Phi) is 12.7. The first kappa shape index (κ1) is 34.8. The largest absolute Gasteiger partial charge is 0.497 e. The van der Waals surface area contributed by atoms with Crippen LogP contribution in [0.1, 0.15) is 49.0 Å². The van der Waals surface area contributed by atoms with Gasteiger partial charge in [0.2, 0.25) is 23.6 Å². The fourth-order valence-electron chi connectivity index (χ4n) is 4.57. The van der Waals surface area contributed by atoms with Crippen LogP contribution < -0.4 is 31.7 Å². The van der Waals surface area contributed by atoms with Gasteiger partial charge in [-0.2, -0.15) is 0 Å². The molecular formula is C30H38N6O8S. The number of carbonyl (C=O) groups excluding carboxylic acids is 5. The molecule has 0 saturated heterocycles. The maximum absolute atomic E-state index is 13.2. The van der Waals surface area contributed by atoms with Gasteiger partial charge in [-0.3, -0.25) is 34.1 Å². The van der Waals surface area contributed by atoms with Crippen LogP contribution in [0.4, 0.5) is 5.69 Å². The molecule has 6 N–H and O–H groups in total. The van der Waals surface area contributed by atoms with Crippen LogP contribution in [0.15, 0.2) is 47.4 Å². The number of nitrogens with zero attached hydrogens (tertiary/aromatic N) is 1. The van der Waals surface area contributed by atoms with E-state index in [4.69, 9.17) is 10.5 Å². The van der Waals surface area contributed by atoms with Crippen LogP contribution in [0, 0.1) is 16.0 Å². The lowest BCUT2D eigenvalue weighted by Gasteiger charge is -2.24. The van der Waals surface area contributed by atoms with Gasteiger partial charge in [0, 0.05) is 23.9 Å². The van der Waals surface area contributed by atoms with E-state index in [1.807, 2.05) is 0 Å². The molecule has 2 aliphatic rings. The van der Waals surface area contributed by atoms with Crippen LogP contribution >= 0.6 is 11.8 Å². The van der Waals surface area contributed by atoms with Crippen molar-refractivity contribution in [2.75, 3.05) is 19.4 Å². The minimum Gasteiger partial charge on any atom is -0.497 e. The number of rotatable bonds is 7. The summed E-state index contributed by atoms with van der Waals surface area (Å²) in [5.74, 6) is -2.82. The zero-order chi connectivity index (χ0) is 33.1. The third-order valence-corrected chi connectivity index (χ3v) is 8.27. The number of primary amides is 1. The molecule has 0 aliphatic carbocycles. The van der Waals surface area contributed by atoms with E-state index in [-0.39, 0.29) is 47.2 Å². The number of nitro groups is 1. The molecule has 14 nitrogen and oxygen atoms in total. The molecule has 0 radical (unpaired) electrons. The van der Waals surface area contributed by atoms with E-state index < -0.39 is 52.6 Å². The molecule has 2 heterocycles. The van der Waals surface area contributed by atoms with Crippen LogP contribution in [-0.2, 0) is 25.6 Å². The van der Waals surface area contributed by atoms with Gasteiger partial charge in [-0.1, -0.05) is 26.0 Å². The summed E-state index contributed by atoms with van der Waals surface area (Å²) in [6.45, 7) is 3.61. The molecule has 2 bridgehead atoms. The number of benzene rings is 2. The summed E-state index contributed by atoms with van der Waals surface area (Å²) >= 11 is 0.985. The van der Waals surface area contributed by atoms with Crippen LogP contribution in [0.5, 0.6) is 5.75 Å². The van der Waals surface area contributed by atoms with Crippen molar-refractivity contribution in [2.45, 2.75) is 62.6 Å². The van der Waals surface area contributed by atoms with Crippen LogP contribution in [0.3, 0.4) is 0 Å². The highest BCUT2D eigenvalue weighted by atomic mass is 32.2. The minimum atomic E-state index is -1.05. The van der Waals surface area contributed by atoms with Gasteiger partial charge in [0.05, 0.1) is 23.3 Å². The average molecular weight is 643 g/mol. The number of nitrogens with two attached hydrogens (primary N) is 1. The first-order chi connectivity index (χ1) is 21.4. The number of carbonyl (C=O) groups is 5. The van der Waals surface area contributed by atoms with Crippen molar-refractivity contribution in [2.24, 2.45) is 11.7 Å². The number of nitro benzene ring substituents is 1. The Bertz CT molecular complexity index is 1420. The molecule has 0 fully saturated rings. The average Bonchev–Trinajstić information content (AvgIpc) is 3.00. The number of thioether (sulfide) groups is 1. The molecule has 5 amide bonds. The lowest BCUT2D eigenvalue weighted by molar-refractivity contribution is -0.387. The van der Waals surface area contributed by atoms with Crippen molar-refractivity contribution in [3.63, 3.8) is 0 Å². The number of fused-ring (bicyclic) bond motifs is 16. The Hall–Kier alpha value is -4.66. The van der Waals surface area contributed by atoms with Crippen molar-refractivity contribution in [1.82, 2.24) is 21.3 Å². The molecule has 0 aromatic heterocycles. The number of nitrogens with one attached hydrogen (secondary N) is 4. The van der Waals surface area contributed by atoms with E-state index in [1.54, 1.807) is 38.1 Å². The van der Waals surface area contributed by atoms with Crippen molar-refractivity contribution in [3.05, 3.63) is 63.7 Å². The van der Waals surface area contributed by atoms with Gasteiger partial charge in [0.1, 0.15) is 23.9 Å². The molecule has 15 heteroatoms. The number of ether oxygens (including phenoxy) is 1. The van der Waals surface area contributed by atoms with Crippen molar-refractivity contribution >= 4 is 47.0 Å². The highest BCUT2D eigenvalue weighted by Crippen LogP contribution is 2.31. The quantitative estimate of drug-likeness (QED) is 0.218. The summed E-state index contributed by atoms with van der Waals surface area (Å²) < 4.78 is 5.14. The van der Waals surface area contributed by atoms with Crippen LogP contribution in [0.2, 0.25) is 0 Å². The summed E-state index contributed by atoms with van der Waals surface area (Å²) in [4.78, 5) is 75.8. The Morgan fingerprint density at radius 1 is 1.09 bits per heavy atom. The predicted molar refractivity (Wildman–Crippen MR) is 167 cm³/mol. The van der Waals surface area contributed by atoms with Crippen molar-refractivity contribution in [1.29, 1.82) is 0 Å². The van der Waals surface area contributed by atoms with E-state index in [9.17, 15) is 34.1 Å². The zero-order valence-corrected chi connectivity index (χ0v) is 26.1. The molecule has 0 saturated carbocycles. The van der Waals surface area contributed by atoms with Crippen LogP contribution in [-0.4, -0.2) is 72.0 Å². The van der Waals surface area contributed by atoms with E-state index in [2.05, 4.69) is 21.3 Å². The first-order valence-electron chi connectivity index (χ1n) is 14.4. The van der Waals surface area contributed by atoms with Gasteiger partial charge in [-0.05, 0) is 55.0 Å². The minimum absolute atomic E-state index is 0.0139. The second-order valence-electron chi connectivity index (χ2n) is 10.8. The zero-order valence-electron chi connectivity index (χ0n) is 25.3. The summed E-state index contributed by atoms with van der Waals surface area (Å²) in [5, 5.41) is 22.6. The maximum atomic E-state index is 13.2. The van der Waals surface area contributed by atoms with E-state index in [0.29, 0.717) is 24.2 Å². The van der Waals surface area contributed by atoms with E-state index in [1.165, 1.54) is 19.2 Å². The molecule has 0 spiro atoms. The van der Waals surface area contributed by atoms with Gasteiger partial charge in [-0.25, -0.2) is 0 Å². The fraction of sp³-hybridized carbons (Fsp3) is 0.433. The second kappa shape index (κ2) is 16.4. The summed E-state index contributed by atoms with van der Waals surface area (Å²) in [5.41, 5.74) is 5.77. The van der Waals surface area contributed by atoms with E-state index >= 15 is 0 Å².